The standard InChI is InChI=1S/C18H25N3O5/c1-4-20-5-7-21(8-6-20)12-16(22)19-15-10-13(17(23)25-2)9-14(11-15)18(24)26-3/h9-11H,4-8,12H2,1-3H3,(H,19,22). The maximum absolute atomic E-state index is 12.3. The topological polar surface area (TPSA) is 88.2 Å². The number of anilines is 1. The third-order valence-corrected chi connectivity index (χ3v) is 4.34. The molecule has 1 fully saturated rings. The van der Waals surface area contributed by atoms with Crippen LogP contribution in [0.5, 0.6) is 0 Å². The number of rotatable bonds is 6. The Labute approximate surface area is 153 Å². The van der Waals surface area contributed by atoms with Crippen LogP contribution in [0.3, 0.4) is 0 Å². The molecule has 0 unspecified atom stereocenters. The van der Waals surface area contributed by atoms with E-state index in [9.17, 15) is 14.4 Å². The molecular formula is C18H25N3O5. The van der Waals surface area contributed by atoms with Crippen LogP contribution in [-0.4, -0.2) is 81.1 Å². The van der Waals surface area contributed by atoms with E-state index in [0.29, 0.717) is 5.69 Å². The summed E-state index contributed by atoms with van der Waals surface area (Å²) < 4.78 is 9.38. The Kier molecular flexibility index (Phi) is 7.11. The minimum absolute atomic E-state index is 0.169. The Morgan fingerprint density at radius 2 is 1.42 bits per heavy atom. The van der Waals surface area contributed by atoms with Gasteiger partial charge in [-0.2, -0.15) is 0 Å². The first-order valence-corrected chi connectivity index (χ1v) is 8.53. The average Bonchev–Trinajstić information content (AvgIpc) is 2.66. The second-order valence-corrected chi connectivity index (χ2v) is 6.04. The molecule has 0 aliphatic carbocycles. The lowest BCUT2D eigenvalue weighted by atomic mass is 10.1. The van der Waals surface area contributed by atoms with Crippen molar-refractivity contribution in [3.63, 3.8) is 0 Å². The Balaban J connectivity index is 2.06. The number of amides is 1. The molecule has 1 heterocycles. The van der Waals surface area contributed by atoms with Gasteiger partial charge in [-0.05, 0) is 24.7 Å². The van der Waals surface area contributed by atoms with Gasteiger partial charge in [0.25, 0.3) is 0 Å². The van der Waals surface area contributed by atoms with Crippen molar-refractivity contribution in [3.8, 4) is 0 Å². The van der Waals surface area contributed by atoms with E-state index in [1.54, 1.807) is 0 Å². The molecule has 0 spiro atoms. The molecule has 0 saturated carbocycles. The quantitative estimate of drug-likeness (QED) is 0.749. The minimum atomic E-state index is -0.595. The summed E-state index contributed by atoms with van der Waals surface area (Å²) >= 11 is 0. The number of hydrogen-bond acceptors (Lipinski definition) is 7. The zero-order valence-corrected chi connectivity index (χ0v) is 15.4. The van der Waals surface area contributed by atoms with Crippen LogP contribution in [0.4, 0.5) is 5.69 Å². The summed E-state index contributed by atoms with van der Waals surface area (Å²) in [6.07, 6.45) is 0. The molecule has 142 valence electrons. The number of piperazine rings is 1. The molecule has 1 aliphatic heterocycles. The van der Waals surface area contributed by atoms with Crippen LogP contribution in [0.2, 0.25) is 0 Å². The van der Waals surface area contributed by atoms with E-state index in [-0.39, 0.29) is 23.6 Å². The van der Waals surface area contributed by atoms with Crippen LogP contribution in [0.1, 0.15) is 27.6 Å². The number of likely N-dealkylation sites (N-methyl/N-ethyl adjacent to an activating group) is 1. The fourth-order valence-corrected chi connectivity index (χ4v) is 2.84. The molecule has 26 heavy (non-hydrogen) atoms. The third-order valence-electron chi connectivity index (χ3n) is 4.34. The van der Waals surface area contributed by atoms with E-state index in [4.69, 9.17) is 9.47 Å². The van der Waals surface area contributed by atoms with Crippen molar-refractivity contribution in [1.82, 2.24) is 9.80 Å². The maximum atomic E-state index is 12.3. The van der Waals surface area contributed by atoms with Gasteiger partial charge in [-0.25, -0.2) is 9.59 Å². The first-order chi connectivity index (χ1) is 12.5. The highest BCUT2D eigenvalue weighted by Gasteiger charge is 2.19. The van der Waals surface area contributed by atoms with Gasteiger partial charge >= 0.3 is 11.9 Å². The molecule has 1 aromatic carbocycles. The van der Waals surface area contributed by atoms with Gasteiger partial charge < -0.3 is 19.7 Å². The number of hydrogen-bond donors (Lipinski definition) is 1. The van der Waals surface area contributed by atoms with Crippen molar-refractivity contribution in [3.05, 3.63) is 29.3 Å². The van der Waals surface area contributed by atoms with Crippen LogP contribution in [0, 0.1) is 0 Å². The highest BCUT2D eigenvalue weighted by Crippen LogP contribution is 2.17. The van der Waals surface area contributed by atoms with Crippen LogP contribution in [-0.2, 0) is 14.3 Å². The lowest BCUT2D eigenvalue weighted by Crippen LogP contribution is -2.48. The molecule has 1 amide bonds. The normalized spacial score (nSPS) is 15.3. The summed E-state index contributed by atoms with van der Waals surface area (Å²) in [6.45, 7) is 6.93. The predicted octanol–water partition coefficient (Wildman–Crippen LogP) is 0.836. The third kappa shape index (κ3) is 5.27. The Bertz CT molecular complexity index is 635. The summed E-state index contributed by atoms with van der Waals surface area (Å²) in [4.78, 5) is 40.3. The van der Waals surface area contributed by atoms with Crippen molar-refractivity contribution >= 4 is 23.5 Å². The number of carbonyl (C=O) groups excluding carboxylic acids is 3. The number of benzene rings is 1. The molecule has 1 N–H and O–H groups in total. The second kappa shape index (κ2) is 9.30. The highest BCUT2D eigenvalue weighted by atomic mass is 16.5. The molecule has 8 heteroatoms. The maximum Gasteiger partial charge on any atom is 0.337 e. The van der Waals surface area contributed by atoms with Crippen molar-refractivity contribution in [2.75, 3.05) is 58.8 Å². The van der Waals surface area contributed by atoms with E-state index in [1.807, 2.05) is 0 Å². The lowest BCUT2D eigenvalue weighted by molar-refractivity contribution is -0.117. The van der Waals surface area contributed by atoms with Gasteiger partial charge in [0, 0.05) is 31.9 Å². The smallest absolute Gasteiger partial charge is 0.337 e. The van der Waals surface area contributed by atoms with E-state index >= 15 is 0 Å². The number of carbonyl (C=O) groups is 3. The summed E-state index contributed by atoms with van der Waals surface area (Å²) in [5.74, 6) is -1.39. The lowest BCUT2D eigenvalue weighted by Gasteiger charge is -2.33. The first kappa shape index (κ1) is 19.9. The van der Waals surface area contributed by atoms with Gasteiger partial charge in [-0.15, -0.1) is 0 Å². The van der Waals surface area contributed by atoms with Gasteiger partial charge in [0.2, 0.25) is 5.91 Å². The van der Waals surface area contributed by atoms with Crippen LogP contribution in [0.15, 0.2) is 18.2 Å². The van der Waals surface area contributed by atoms with Gasteiger partial charge in [0.1, 0.15) is 0 Å². The molecule has 8 nitrogen and oxygen atoms in total. The van der Waals surface area contributed by atoms with Crippen LogP contribution in [0.25, 0.3) is 0 Å². The summed E-state index contributed by atoms with van der Waals surface area (Å²) in [5.41, 5.74) is 0.690. The van der Waals surface area contributed by atoms with E-state index in [0.717, 1.165) is 32.7 Å². The molecule has 1 saturated heterocycles. The van der Waals surface area contributed by atoms with Crippen molar-refractivity contribution in [1.29, 1.82) is 0 Å². The summed E-state index contributed by atoms with van der Waals surface area (Å²) in [5, 5.41) is 2.74. The second-order valence-electron chi connectivity index (χ2n) is 6.04. The Hall–Kier alpha value is -2.45. The molecule has 0 bridgehead atoms. The fraction of sp³-hybridized carbons (Fsp3) is 0.500. The van der Waals surface area contributed by atoms with E-state index in [1.165, 1.54) is 32.4 Å². The molecular weight excluding hydrogens is 338 g/mol. The predicted molar refractivity (Wildman–Crippen MR) is 96.3 cm³/mol. The monoisotopic (exact) mass is 363 g/mol. The largest absolute Gasteiger partial charge is 0.465 e. The Morgan fingerprint density at radius 3 is 1.88 bits per heavy atom. The highest BCUT2D eigenvalue weighted by molar-refractivity contribution is 5.99. The molecule has 0 atom stereocenters. The van der Waals surface area contributed by atoms with Crippen molar-refractivity contribution in [2.24, 2.45) is 0 Å². The fourth-order valence-electron chi connectivity index (χ4n) is 2.84. The molecule has 2 rings (SSSR count). The minimum Gasteiger partial charge on any atom is -0.465 e. The summed E-state index contributed by atoms with van der Waals surface area (Å²) in [7, 11) is 2.50. The molecule has 1 aliphatic rings. The number of ether oxygens (including phenoxy) is 2. The molecule has 0 aromatic heterocycles. The van der Waals surface area contributed by atoms with E-state index < -0.39 is 11.9 Å². The van der Waals surface area contributed by atoms with Gasteiger partial charge in [0.05, 0.1) is 31.9 Å². The number of nitrogens with zero attached hydrogens (tertiary/aromatic N) is 2. The van der Waals surface area contributed by atoms with Crippen molar-refractivity contribution < 1.29 is 23.9 Å². The number of esters is 2. The zero-order valence-electron chi connectivity index (χ0n) is 15.4. The van der Waals surface area contributed by atoms with E-state index in [2.05, 4.69) is 22.0 Å². The SMILES string of the molecule is CCN1CCN(CC(=O)Nc2cc(C(=O)OC)cc(C(=O)OC)c2)CC1. The van der Waals surface area contributed by atoms with Gasteiger partial charge in [0.15, 0.2) is 0 Å². The number of nitrogens with one attached hydrogen (secondary N) is 1. The summed E-state index contributed by atoms with van der Waals surface area (Å²) in [6, 6.07) is 4.33. The van der Waals surface area contributed by atoms with Gasteiger partial charge in [-0.1, -0.05) is 6.92 Å². The Morgan fingerprint density at radius 1 is 0.923 bits per heavy atom. The van der Waals surface area contributed by atoms with Crippen LogP contribution < -0.4 is 5.32 Å². The number of methoxy groups -OCH3 is 2. The molecule has 1 aromatic rings. The average molecular weight is 363 g/mol. The molecule has 0 radical (unpaired) electrons. The van der Waals surface area contributed by atoms with Crippen LogP contribution >= 0.6 is 0 Å². The first-order valence-electron chi connectivity index (χ1n) is 8.53. The zero-order chi connectivity index (χ0) is 19.1. The van der Waals surface area contributed by atoms with Gasteiger partial charge in [-0.3, -0.25) is 9.69 Å². The van der Waals surface area contributed by atoms with Crippen molar-refractivity contribution in [2.45, 2.75) is 6.92 Å².